The van der Waals surface area contributed by atoms with Gasteiger partial charge in [-0.2, -0.15) is 15.1 Å². The Balaban J connectivity index is 1.62. The Morgan fingerprint density at radius 1 is 1.26 bits per heavy atom. The Kier molecular flexibility index (Phi) is 9.27. The van der Waals surface area contributed by atoms with E-state index < -0.39 is 63.0 Å². The highest BCUT2D eigenvalue weighted by atomic mass is 31.2. The van der Waals surface area contributed by atoms with Gasteiger partial charge in [-0.25, -0.2) is 22.7 Å². The summed E-state index contributed by atoms with van der Waals surface area (Å²) >= 11 is 0. The second kappa shape index (κ2) is 12.4. The van der Waals surface area contributed by atoms with Crippen LogP contribution in [0.25, 0.3) is 11.2 Å². The number of alkyl halides is 3. The normalized spacial score (nSPS) is 24.6. The Bertz CT molecular complexity index is 1450. The van der Waals surface area contributed by atoms with Gasteiger partial charge >= 0.3 is 13.7 Å². The van der Waals surface area contributed by atoms with E-state index in [0.717, 1.165) is 10.9 Å². The van der Waals surface area contributed by atoms with Crippen LogP contribution < -0.4 is 20.7 Å². The molecule has 0 aliphatic carbocycles. The van der Waals surface area contributed by atoms with Crippen molar-refractivity contribution in [1.29, 1.82) is 0 Å². The lowest BCUT2D eigenvalue weighted by Gasteiger charge is -2.28. The van der Waals surface area contributed by atoms with Gasteiger partial charge in [0.15, 0.2) is 23.2 Å². The van der Waals surface area contributed by atoms with E-state index in [9.17, 15) is 23.2 Å². The molecule has 1 aliphatic rings. The predicted octanol–water partition coefficient (Wildman–Crippen LogP) is 2.82. The van der Waals surface area contributed by atoms with E-state index >= 15 is 4.39 Å². The quantitative estimate of drug-likeness (QED) is 0.172. The van der Waals surface area contributed by atoms with Crippen molar-refractivity contribution in [2.45, 2.75) is 63.4 Å². The van der Waals surface area contributed by atoms with Gasteiger partial charge in [-0.3, -0.25) is 13.9 Å². The average molecular weight is 618 g/mol. The van der Waals surface area contributed by atoms with Crippen LogP contribution in [0.2, 0.25) is 0 Å². The molecular weight excluding hydrogens is 586 g/mol. The molecule has 5 N–H and O–H groups in total. The number of imidazole rings is 1. The van der Waals surface area contributed by atoms with Crippen LogP contribution in [0.1, 0.15) is 27.0 Å². The second-order valence-corrected chi connectivity index (χ2v) is 11.3. The molecule has 230 valence electrons. The molecule has 4 rings (SSSR count). The van der Waals surface area contributed by atoms with E-state index in [1.165, 1.54) is 26.1 Å². The lowest BCUT2D eigenvalue weighted by molar-refractivity contribution is -0.149. The molecule has 0 amide bonds. The van der Waals surface area contributed by atoms with E-state index in [1.54, 1.807) is 32.0 Å². The number of carbonyl (C=O) groups excluding carboxylic acids is 1. The number of fused-ring (bicyclic) bond motifs is 1. The summed E-state index contributed by atoms with van der Waals surface area (Å²) in [6, 6.07) is 6.51. The fourth-order valence-corrected chi connectivity index (χ4v) is 5.71. The number of rotatable bonds is 12. The highest BCUT2D eigenvalue weighted by molar-refractivity contribution is 7.52. The molecule has 3 heterocycles. The number of nitrogens with one attached hydrogen (secondary N) is 2. The van der Waals surface area contributed by atoms with Gasteiger partial charge in [0.05, 0.1) is 19.0 Å². The molecule has 2 aromatic heterocycles. The number of carbonyl (C=O) groups is 1. The minimum atomic E-state index is -4.49. The van der Waals surface area contributed by atoms with E-state index in [4.69, 9.17) is 24.3 Å². The summed E-state index contributed by atoms with van der Waals surface area (Å²) in [4.78, 5) is 24.3. The van der Waals surface area contributed by atoms with Crippen molar-refractivity contribution in [3.63, 3.8) is 0 Å². The van der Waals surface area contributed by atoms with Crippen molar-refractivity contribution in [2.75, 3.05) is 24.7 Å². The first kappa shape index (κ1) is 31.4. The van der Waals surface area contributed by atoms with Crippen molar-refractivity contribution >= 4 is 36.6 Å². The first-order valence-corrected chi connectivity index (χ1v) is 14.3. The summed E-state index contributed by atoms with van der Waals surface area (Å²) in [6.45, 7) is 3.68. The number of aliphatic hydroxyl groups excluding tert-OH is 1. The minimum absolute atomic E-state index is 0.0680. The van der Waals surface area contributed by atoms with E-state index in [2.05, 4.69) is 25.4 Å². The number of hydrogen-bond acceptors (Lipinski definition) is 12. The van der Waals surface area contributed by atoms with Gasteiger partial charge in [-0.15, -0.1) is 0 Å². The second-order valence-electron chi connectivity index (χ2n) is 9.64. The zero-order valence-electron chi connectivity index (χ0n) is 23.0. The fraction of sp³-hybridized carbons (Fsp3) is 0.500. The zero-order chi connectivity index (χ0) is 30.8. The predicted molar refractivity (Wildman–Crippen MR) is 143 cm³/mol. The molecule has 0 bridgehead atoms. The van der Waals surface area contributed by atoms with Crippen molar-refractivity contribution < 1.29 is 46.2 Å². The summed E-state index contributed by atoms with van der Waals surface area (Å²) in [5.74, 6) is -0.828. The molecule has 18 heteroatoms. The SMILES string of the molecule is CNc1nc(N)nc2c1ncn2[C@@H]1O[C@H](CO[P@@](=O)(N[C@H](C)C(=O)OC(C)C)Oc2ccccc2)[C@@H](O)[C@]1(F)C(F)F. The number of esters is 1. The lowest BCUT2D eigenvalue weighted by atomic mass is 9.96. The number of nitrogens with zero attached hydrogens (tertiary/aromatic N) is 4. The smallest absolute Gasteiger partial charge is 0.459 e. The number of ether oxygens (including phenoxy) is 2. The largest absolute Gasteiger partial charge is 0.462 e. The standard InChI is InChI=1S/C24H31F3N7O7P/c1-12(2)39-20(36)13(3)33-42(37,41-14-8-6-5-7-9-14)38-10-15-17(35)24(27,21(25)26)22(40-15)34-11-30-16-18(29-4)31-23(28)32-19(16)34/h5-9,11-13,15,17,21-22,35H,10H2,1-4H3,(H,33,37)(H3,28,29,31,32)/t13-,15-,17-,22-,24+,42+/m1/s1. The Hall–Kier alpha value is -3.50. The highest BCUT2D eigenvalue weighted by Crippen LogP contribution is 2.50. The third-order valence-corrected chi connectivity index (χ3v) is 7.83. The van der Waals surface area contributed by atoms with Gasteiger partial charge in [0.25, 0.3) is 6.43 Å². The van der Waals surface area contributed by atoms with Crippen LogP contribution >= 0.6 is 7.75 Å². The van der Waals surface area contributed by atoms with Gasteiger partial charge in [-0.1, -0.05) is 18.2 Å². The van der Waals surface area contributed by atoms with Crippen LogP contribution in [-0.4, -0.2) is 80.7 Å². The maximum absolute atomic E-state index is 16.0. The van der Waals surface area contributed by atoms with Gasteiger partial charge in [-0.05, 0) is 32.9 Å². The van der Waals surface area contributed by atoms with Crippen LogP contribution in [0, 0.1) is 0 Å². The van der Waals surface area contributed by atoms with Gasteiger partial charge in [0.2, 0.25) is 11.6 Å². The van der Waals surface area contributed by atoms with E-state index in [-0.39, 0.29) is 28.7 Å². The molecule has 6 atom stereocenters. The van der Waals surface area contributed by atoms with E-state index in [1.807, 2.05) is 0 Å². The Labute approximate surface area is 238 Å². The Morgan fingerprint density at radius 3 is 2.57 bits per heavy atom. The van der Waals surface area contributed by atoms with Crippen molar-refractivity contribution in [3.05, 3.63) is 36.7 Å². The maximum atomic E-state index is 16.0. The molecule has 14 nitrogen and oxygen atoms in total. The number of anilines is 2. The number of hydrogen-bond donors (Lipinski definition) is 4. The van der Waals surface area contributed by atoms with E-state index in [0.29, 0.717) is 0 Å². The Morgan fingerprint density at radius 2 is 1.95 bits per heavy atom. The summed E-state index contributed by atoms with van der Waals surface area (Å²) in [7, 11) is -2.98. The zero-order valence-corrected chi connectivity index (χ0v) is 23.9. The summed E-state index contributed by atoms with van der Waals surface area (Å²) in [6.07, 6.45) is -9.67. The number of aliphatic hydroxyl groups is 1. The molecule has 0 radical (unpaired) electrons. The molecular formula is C24H31F3N7O7P. The van der Waals surface area contributed by atoms with Crippen LogP contribution in [0.4, 0.5) is 24.9 Å². The lowest BCUT2D eigenvalue weighted by Crippen LogP contribution is -2.49. The number of para-hydroxylation sites is 1. The molecule has 0 unspecified atom stereocenters. The summed E-state index contributed by atoms with van der Waals surface area (Å²) in [5.41, 5.74) is 1.96. The molecule has 1 aromatic carbocycles. The van der Waals surface area contributed by atoms with Crippen LogP contribution in [-0.2, 0) is 23.4 Å². The first-order valence-electron chi connectivity index (χ1n) is 12.7. The molecule has 0 spiro atoms. The monoisotopic (exact) mass is 617 g/mol. The molecule has 3 aromatic rings. The van der Waals surface area contributed by atoms with Crippen molar-refractivity contribution in [2.24, 2.45) is 0 Å². The molecule has 42 heavy (non-hydrogen) atoms. The minimum Gasteiger partial charge on any atom is -0.462 e. The third kappa shape index (κ3) is 6.29. The molecule has 1 fully saturated rings. The number of nitrogen functional groups attached to an aromatic ring is 1. The van der Waals surface area contributed by atoms with Crippen LogP contribution in [0.15, 0.2) is 36.7 Å². The number of aromatic nitrogens is 4. The molecule has 1 aliphatic heterocycles. The number of benzene rings is 1. The fourth-order valence-electron chi connectivity index (χ4n) is 4.21. The highest BCUT2D eigenvalue weighted by Gasteiger charge is 2.64. The maximum Gasteiger partial charge on any atom is 0.459 e. The third-order valence-electron chi connectivity index (χ3n) is 6.19. The number of halogens is 3. The van der Waals surface area contributed by atoms with Crippen LogP contribution in [0.3, 0.4) is 0 Å². The molecule has 0 saturated carbocycles. The van der Waals surface area contributed by atoms with Crippen LogP contribution in [0.5, 0.6) is 5.75 Å². The number of nitrogens with two attached hydrogens (primary N) is 1. The van der Waals surface area contributed by atoms with Crippen molar-refractivity contribution in [3.8, 4) is 5.75 Å². The van der Waals surface area contributed by atoms with Gasteiger partial charge < -0.3 is 30.2 Å². The molecule has 1 saturated heterocycles. The average Bonchev–Trinajstić information content (AvgIpc) is 3.45. The summed E-state index contributed by atoms with van der Waals surface area (Å²) in [5, 5.41) is 15.9. The van der Waals surface area contributed by atoms with Gasteiger partial charge in [0.1, 0.15) is 24.0 Å². The van der Waals surface area contributed by atoms with Gasteiger partial charge in [0, 0.05) is 7.05 Å². The first-order chi connectivity index (χ1) is 19.8. The van der Waals surface area contributed by atoms with Crippen molar-refractivity contribution in [1.82, 2.24) is 24.6 Å². The topological polar surface area (TPSA) is 185 Å². The summed E-state index contributed by atoms with van der Waals surface area (Å²) < 4.78 is 80.7.